The first-order valence-corrected chi connectivity index (χ1v) is 10.7. The van der Waals surface area contributed by atoms with Gasteiger partial charge in [-0.05, 0) is 85.3 Å². The Balaban J connectivity index is 0.000000383. The van der Waals surface area contributed by atoms with Gasteiger partial charge < -0.3 is 0 Å². The van der Waals surface area contributed by atoms with Gasteiger partial charge in [-0.15, -0.1) is 5.10 Å². The van der Waals surface area contributed by atoms with Gasteiger partial charge in [-0.3, -0.25) is 4.79 Å². The molecule has 1 aromatic heterocycles. The third kappa shape index (κ3) is 4.45. The summed E-state index contributed by atoms with van der Waals surface area (Å²) in [7, 11) is 0. The van der Waals surface area contributed by atoms with Crippen LogP contribution in [0.2, 0.25) is 0 Å². The zero-order valence-electron chi connectivity index (χ0n) is 17.0. The number of ketones is 1. The number of hydrogen-bond donors (Lipinski definition) is 0. The molecule has 5 aliphatic rings. The van der Waals surface area contributed by atoms with Gasteiger partial charge in [-0.25, -0.2) is 20.0 Å². The summed E-state index contributed by atoms with van der Waals surface area (Å²) >= 11 is 1.35. The van der Waals surface area contributed by atoms with E-state index in [1.165, 1.54) is 11.5 Å². The fourth-order valence-electron chi connectivity index (χ4n) is 3.32. The van der Waals surface area contributed by atoms with Crippen LogP contribution in [0.25, 0.3) is 0 Å². The molecule has 0 spiro atoms. The molecule has 0 fully saturated rings. The lowest BCUT2D eigenvalue weighted by Crippen LogP contribution is -1.98. The van der Waals surface area contributed by atoms with Crippen molar-refractivity contribution in [1.82, 2.24) is 9.59 Å². The molecule has 5 aliphatic heterocycles. The van der Waals surface area contributed by atoms with Crippen LogP contribution in [0.1, 0.15) is 6.92 Å². The van der Waals surface area contributed by atoms with Gasteiger partial charge in [0.15, 0.2) is 5.78 Å². The Kier molecular flexibility index (Phi) is 5.27. The Morgan fingerprint density at radius 2 is 1.25 bits per heavy atom. The number of nitrogens with zero attached hydrogens (tertiary/aromatic N) is 6. The van der Waals surface area contributed by atoms with Crippen molar-refractivity contribution in [3.05, 3.63) is 107 Å². The number of Topliss-reactive ketones (excluding diaryl/α,β-unsaturated/α-hetero) is 1. The van der Waals surface area contributed by atoms with E-state index in [9.17, 15) is 4.79 Å². The normalized spacial score (nSPS) is 19.6. The Labute approximate surface area is 188 Å². The molecule has 0 radical (unpaired) electrons. The molecular formula is C24H16N6OS. The Hall–Kier alpha value is -4.17. The lowest BCUT2D eigenvalue weighted by Gasteiger charge is -1.98. The van der Waals surface area contributed by atoms with E-state index >= 15 is 0 Å². The number of hydrogen-bond acceptors (Lipinski definition) is 8. The minimum absolute atomic E-state index is 0.0256. The van der Waals surface area contributed by atoms with E-state index < -0.39 is 0 Å². The van der Waals surface area contributed by atoms with Crippen LogP contribution in [-0.4, -0.2) is 38.2 Å². The average molecular weight is 437 g/mol. The predicted octanol–water partition coefficient (Wildman–Crippen LogP) is 4.08. The van der Waals surface area contributed by atoms with Crippen LogP contribution in [0.5, 0.6) is 0 Å². The molecule has 0 atom stereocenters. The fourth-order valence-corrected chi connectivity index (χ4v) is 3.59. The summed E-state index contributed by atoms with van der Waals surface area (Å²) in [5.41, 5.74) is 6.80. The lowest BCUT2D eigenvalue weighted by atomic mass is 10.1. The summed E-state index contributed by atoms with van der Waals surface area (Å²) in [6.07, 6.45) is 22.6. The molecule has 7 nitrogen and oxygen atoms in total. The first-order chi connectivity index (χ1) is 15.6. The summed E-state index contributed by atoms with van der Waals surface area (Å²) in [5.74, 6) is -0.0256. The topological polar surface area (TPSA) is 92.3 Å². The number of aromatic nitrogens is 2. The smallest absolute Gasteiger partial charge is 0.162 e. The molecule has 0 unspecified atom stereocenters. The fraction of sp³-hybridized carbons (Fsp3) is 0.0417. The van der Waals surface area contributed by atoms with Crippen LogP contribution in [-0.2, 0) is 4.79 Å². The van der Waals surface area contributed by atoms with Crippen LogP contribution in [0.4, 0.5) is 0 Å². The van der Waals surface area contributed by atoms with Crippen molar-refractivity contribution in [2.75, 3.05) is 0 Å². The van der Waals surface area contributed by atoms with Gasteiger partial charge in [-0.1, -0.05) is 4.49 Å². The third-order valence-corrected chi connectivity index (χ3v) is 5.13. The van der Waals surface area contributed by atoms with E-state index in [4.69, 9.17) is 0 Å². The van der Waals surface area contributed by atoms with E-state index in [0.29, 0.717) is 17.0 Å². The molecule has 154 valence electrons. The Bertz CT molecular complexity index is 1350. The van der Waals surface area contributed by atoms with Crippen molar-refractivity contribution in [3.8, 4) is 0 Å². The molecule has 6 rings (SSSR count). The Morgan fingerprint density at radius 3 is 1.72 bits per heavy atom. The molecule has 0 aromatic carbocycles. The summed E-state index contributed by atoms with van der Waals surface area (Å²) in [5, 5.41) is 5.31. The van der Waals surface area contributed by atoms with Crippen LogP contribution >= 0.6 is 11.5 Å². The largest absolute Gasteiger partial charge is 0.294 e. The highest BCUT2D eigenvalue weighted by atomic mass is 32.1. The average Bonchev–Trinajstić information content (AvgIpc) is 3.56. The van der Waals surface area contributed by atoms with Crippen LogP contribution in [0.15, 0.2) is 127 Å². The van der Waals surface area contributed by atoms with E-state index in [2.05, 4.69) is 29.6 Å². The number of aliphatic imine (C=N–C) groups is 4. The third-order valence-electron chi connectivity index (χ3n) is 4.70. The summed E-state index contributed by atoms with van der Waals surface area (Å²) in [6, 6.07) is 0. The first-order valence-electron chi connectivity index (χ1n) is 9.82. The molecule has 0 N–H and O–H groups in total. The maximum absolute atomic E-state index is 12.0. The maximum atomic E-state index is 12.0. The quantitative estimate of drug-likeness (QED) is 0.664. The second-order valence-electron chi connectivity index (χ2n) is 7.09. The van der Waals surface area contributed by atoms with Crippen molar-refractivity contribution < 1.29 is 4.79 Å². The minimum Gasteiger partial charge on any atom is -0.294 e. The molecule has 32 heavy (non-hydrogen) atoms. The molecular weight excluding hydrogens is 420 g/mol. The number of carbonyl (C=O) groups is 1. The highest BCUT2D eigenvalue weighted by Crippen LogP contribution is 2.24. The van der Waals surface area contributed by atoms with E-state index in [-0.39, 0.29) is 5.78 Å². The van der Waals surface area contributed by atoms with E-state index in [1.54, 1.807) is 19.2 Å². The van der Waals surface area contributed by atoms with Crippen molar-refractivity contribution in [1.29, 1.82) is 0 Å². The van der Waals surface area contributed by atoms with Crippen LogP contribution in [0, 0.1) is 0 Å². The highest BCUT2D eigenvalue weighted by Gasteiger charge is 2.19. The zero-order chi connectivity index (χ0) is 21.9. The summed E-state index contributed by atoms with van der Waals surface area (Å²) < 4.78 is 3.51. The lowest BCUT2D eigenvalue weighted by molar-refractivity contribution is -0.113. The first kappa shape index (κ1) is 19.8. The van der Waals surface area contributed by atoms with Gasteiger partial charge in [-0.2, -0.15) is 0 Å². The summed E-state index contributed by atoms with van der Waals surface area (Å²) in [4.78, 5) is 30.4. The molecule has 6 heterocycles. The van der Waals surface area contributed by atoms with Gasteiger partial charge in [0.05, 0.1) is 51.8 Å². The van der Waals surface area contributed by atoms with E-state index in [0.717, 1.165) is 34.2 Å². The molecule has 8 bridgehead atoms. The Morgan fingerprint density at radius 1 is 0.688 bits per heavy atom. The molecule has 0 saturated carbocycles. The van der Waals surface area contributed by atoms with Gasteiger partial charge in [0.25, 0.3) is 0 Å². The second kappa shape index (κ2) is 8.52. The minimum atomic E-state index is -0.0256. The SMILES string of the molecule is CC(=O)C1=CC2=NC1=CC1=NC(=CC3=NC(=CC4=NC(=C2)C=C4)C=C3)C=C1.c1csnn1. The van der Waals surface area contributed by atoms with Crippen LogP contribution in [0.3, 0.4) is 0 Å². The number of carbonyl (C=O) groups excluding carboxylic acids is 1. The van der Waals surface area contributed by atoms with Gasteiger partial charge >= 0.3 is 0 Å². The molecule has 1 aromatic rings. The second-order valence-corrected chi connectivity index (χ2v) is 7.73. The van der Waals surface area contributed by atoms with Gasteiger partial charge in [0, 0.05) is 11.0 Å². The van der Waals surface area contributed by atoms with Crippen molar-refractivity contribution in [3.63, 3.8) is 0 Å². The summed E-state index contributed by atoms with van der Waals surface area (Å²) in [6.45, 7) is 1.55. The maximum Gasteiger partial charge on any atom is 0.162 e. The van der Waals surface area contributed by atoms with E-state index in [1.807, 2.05) is 66.1 Å². The monoisotopic (exact) mass is 436 g/mol. The van der Waals surface area contributed by atoms with Crippen LogP contribution < -0.4 is 0 Å². The molecule has 8 heteroatoms. The zero-order valence-corrected chi connectivity index (χ0v) is 17.8. The molecule has 0 saturated heterocycles. The molecule has 0 aliphatic carbocycles. The van der Waals surface area contributed by atoms with Crippen molar-refractivity contribution in [2.24, 2.45) is 20.0 Å². The number of fused-ring (bicyclic) bond motifs is 4. The predicted molar refractivity (Wildman–Crippen MR) is 128 cm³/mol. The number of rotatable bonds is 1. The molecule has 0 amide bonds. The van der Waals surface area contributed by atoms with Gasteiger partial charge in [0.1, 0.15) is 0 Å². The number of allylic oxidation sites excluding steroid dienone is 12. The standard InChI is InChI=1S/C22H14N4O.C2H2N2S/c1-13(27)21-11-20-10-18-5-4-16(24-18)8-14-2-3-15(23-14)9-17-6-7-19(25-17)12-22(21)26-20;1-2-5-4-3-1/h2-12H,1H3;1-2H. The van der Waals surface area contributed by atoms with Crippen molar-refractivity contribution >= 4 is 40.2 Å². The van der Waals surface area contributed by atoms with Crippen molar-refractivity contribution in [2.45, 2.75) is 6.92 Å². The van der Waals surface area contributed by atoms with Gasteiger partial charge in [0.2, 0.25) is 0 Å². The highest BCUT2D eigenvalue weighted by molar-refractivity contribution is 7.03.